The van der Waals surface area contributed by atoms with Crippen LogP contribution in [0.1, 0.15) is 56.1 Å². The fraction of sp³-hybridized carbons (Fsp3) is 0.450. The van der Waals surface area contributed by atoms with Crippen molar-refractivity contribution in [3.8, 4) is 0 Å². The zero-order chi connectivity index (χ0) is 23.7. The second-order valence-electron chi connectivity index (χ2n) is 7.88. The van der Waals surface area contributed by atoms with Crippen LogP contribution in [0.5, 0.6) is 0 Å². The van der Waals surface area contributed by atoms with E-state index in [1.165, 1.54) is 16.3 Å². The van der Waals surface area contributed by atoms with Gasteiger partial charge in [0.25, 0.3) is 11.8 Å². The van der Waals surface area contributed by atoms with Gasteiger partial charge < -0.3 is 10.2 Å². The summed E-state index contributed by atoms with van der Waals surface area (Å²) in [5, 5.41) is 20.0. The van der Waals surface area contributed by atoms with E-state index in [2.05, 4.69) is 31.0 Å². The Bertz CT molecular complexity index is 1210. The molecule has 13 heteroatoms. The predicted molar refractivity (Wildman–Crippen MR) is 127 cm³/mol. The van der Waals surface area contributed by atoms with Crippen LogP contribution in [0.3, 0.4) is 0 Å². The molecule has 1 fully saturated rings. The second-order valence-corrected chi connectivity index (χ2v) is 9.16. The third kappa shape index (κ3) is 4.64. The Hall–Kier alpha value is -3.19. The molecule has 1 aliphatic rings. The first-order valence-corrected chi connectivity index (χ1v) is 11.8. The normalized spacial score (nSPS) is 14.4. The Kier molecular flexibility index (Phi) is 6.51. The van der Waals surface area contributed by atoms with E-state index in [1.807, 2.05) is 19.9 Å². The van der Waals surface area contributed by atoms with E-state index in [0.717, 1.165) is 23.5 Å². The van der Waals surface area contributed by atoms with Gasteiger partial charge in [-0.15, -0.1) is 21.5 Å². The minimum absolute atomic E-state index is 0.142. The quantitative estimate of drug-likeness (QED) is 0.416. The summed E-state index contributed by atoms with van der Waals surface area (Å²) in [6.07, 6.45) is 1.53. The summed E-state index contributed by atoms with van der Waals surface area (Å²) in [6, 6.07) is 1.83. The third-order valence-corrected chi connectivity index (χ3v) is 7.09. The maximum atomic E-state index is 13.1. The van der Waals surface area contributed by atoms with Crippen LogP contribution in [0, 0.1) is 13.8 Å². The largest absolute Gasteiger partial charge is 0.364 e. The van der Waals surface area contributed by atoms with Gasteiger partial charge in [0.2, 0.25) is 0 Å². The first kappa shape index (κ1) is 23.0. The molecule has 0 atom stereocenters. The molecule has 4 heterocycles. The van der Waals surface area contributed by atoms with Gasteiger partial charge in [0.15, 0.2) is 16.5 Å². The van der Waals surface area contributed by atoms with Gasteiger partial charge in [0.1, 0.15) is 5.69 Å². The van der Waals surface area contributed by atoms with Crippen LogP contribution in [-0.4, -0.2) is 78.8 Å². The summed E-state index contributed by atoms with van der Waals surface area (Å²) in [5.41, 5.74) is 5.49. The Labute approximate surface area is 200 Å². The highest BCUT2D eigenvalue weighted by Crippen LogP contribution is 2.31. The van der Waals surface area contributed by atoms with Crippen molar-refractivity contribution < 1.29 is 9.59 Å². The number of likely N-dealkylation sites (tertiary alicyclic amines) is 1. The Morgan fingerprint density at radius 3 is 2.67 bits per heavy atom. The number of carbonyl (C=O) groups is 2. The lowest BCUT2D eigenvalue weighted by Crippen LogP contribution is -2.47. The third-order valence-electron chi connectivity index (χ3n) is 5.60. The van der Waals surface area contributed by atoms with Gasteiger partial charge in [-0.05, 0) is 38.9 Å². The van der Waals surface area contributed by atoms with Gasteiger partial charge in [0.05, 0.1) is 16.4 Å². The number of thiocarbonyl (C=S) groups is 1. The standard InChI is InChI=1S/C20H25N9O2S2/c1-11-9-15-23-24-16(12(2)29(15)25-11)19(31)28-7-5-13(6-8-28)18-22-14(10-33-18)17(30)26-27(4)20(32)21-3/h9-10,13H,5-8H2,1-4H3,(H,21,32)(H,26,30). The number of fused-ring (bicyclic) bond motifs is 1. The molecule has 0 saturated carbocycles. The lowest BCUT2D eigenvalue weighted by molar-refractivity contribution is 0.0704. The van der Waals surface area contributed by atoms with Crippen molar-refractivity contribution in [3.63, 3.8) is 0 Å². The number of piperidine rings is 1. The van der Waals surface area contributed by atoms with Crippen LogP contribution < -0.4 is 10.7 Å². The molecule has 2 N–H and O–H groups in total. The van der Waals surface area contributed by atoms with Gasteiger partial charge in [-0.25, -0.2) is 9.50 Å². The molecule has 0 unspecified atom stereocenters. The summed E-state index contributed by atoms with van der Waals surface area (Å²) in [4.78, 5) is 31.8. The fourth-order valence-corrected chi connectivity index (χ4v) is 4.78. The molecule has 0 aromatic carbocycles. The van der Waals surface area contributed by atoms with Gasteiger partial charge in [-0.3, -0.25) is 20.0 Å². The van der Waals surface area contributed by atoms with Crippen LogP contribution >= 0.6 is 23.6 Å². The van der Waals surface area contributed by atoms with E-state index in [4.69, 9.17) is 12.2 Å². The molecule has 1 saturated heterocycles. The average molecular weight is 488 g/mol. The lowest BCUT2D eigenvalue weighted by Gasteiger charge is -2.31. The monoisotopic (exact) mass is 487 g/mol. The van der Waals surface area contributed by atoms with Crippen LogP contribution in [0.2, 0.25) is 0 Å². The Morgan fingerprint density at radius 1 is 1.24 bits per heavy atom. The molecule has 3 aromatic heterocycles. The number of nitrogens with one attached hydrogen (secondary N) is 2. The number of aryl methyl sites for hydroxylation is 2. The minimum atomic E-state index is -0.316. The molecule has 11 nitrogen and oxygen atoms in total. The molecule has 4 rings (SSSR count). The fourth-order valence-electron chi connectivity index (χ4n) is 3.76. The highest BCUT2D eigenvalue weighted by atomic mass is 32.1. The molecule has 0 radical (unpaired) electrons. The molecular formula is C20H25N9O2S2. The molecular weight excluding hydrogens is 462 g/mol. The number of hydrogen-bond donors (Lipinski definition) is 2. The SMILES string of the molecule is CNC(=S)N(C)NC(=O)c1csc(C2CCN(C(=O)c3nnc4cc(C)nn4c3C)CC2)n1. The van der Waals surface area contributed by atoms with E-state index in [0.29, 0.717) is 40.9 Å². The number of thiazole rings is 1. The van der Waals surface area contributed by atoms with Crippen molar-refractivity contribution in [2.75, 3.05) is 27.2 Å². The van der Waals surface area contributed by atoms with Crippen molar-refractivity contribution in [3.05, 3.63) is 39.2 Å². The number of aromatic nitrogens is 5. The zero-order valence-corrected chi connectivity index (χ0v) is 20.5. The van der Waals surface area contributed by atoms with Crippen molar-refractivity contribution in [1.82, 2.24) is 45.4 Å². The zero-order valence-electron chi connectivity index (χ0n) is 18.8. The molecule has 174 valence electrons. The Balaban J connectivity index is 1.38. The van der Waals surface area contributed by atoms with Crippen molar-refractivity contribution >= 4 is 46.1 Å². The van der Waals surface area contributed by atoms with E-state index >= 15 is 0 Å². The molecule has 33 heavy (non-hydrogen) atoms. The van der Waals surface area contributed by atoms with Gasteiger partial charge in [-0.1, -0.05) is 0 Å². The molecule has 2 amide bonds. The lowest BCUT2D eigenvalue weighted by atomic mass is 9.97. The van der Waals surface area contributed by atoms with Gasteiger partial charge in [0, 0.05) is 44.5 Å². The number of hydrazine groups is 1. The number of hydrogen-bond acceptors (Lipinski definition) is 8. The van der Waals surface area contributed by atoms with Crippen molar-refractivity contribution in [2.45, 2.75) is 32.6 Å². The van der Waals surface area contributed by atoms with Crippen molar-refractivity contribution in [1.29, 1.82) is 0 Å². The Morgan fingerprint density at radius 2 is 1.97 bits per heavy atom. The van der Waals surface area contributed by atoms with E-state index in [-0.39, 0.29) is 17.7 Å². The molecule has 0 spiro atoms. The summed E-state index contributed by atoms with van der Waals surface area (Å²) < 4.78 is 1.66. The summed E-state index contributed by atoms with van der Waals surface area (Å²) >= 11 is 6.55. The topological polar surface area (TPSA) is 121 Å². The number of nitrogens with zero attached hydrogens (tertiary/aromatic N) is 7. The predicted octanol–water partition coefficient (Wildman–Crippen LogP) is 1.30. The smallest absolute Gasteiger partial charge is 0.289 e. The maximum Gasteiger partial charge on any atom is 0.289 e. The van der Waals surface area contributed by atoms with Crippen LogP contribution in [0.4, 0.5) is 0 Å². The van der Waals surface area contributed by atoms with Crippen LogP contribution in [0.25, 0.3) is 5.65 Å². The van der Waals surface area contributed by atoms with E-state index < -0.39 is 0 Å². The summed E-state index contributed by atoms with van der Waals surface area (Å²) in [5.74, 6) is -0.264. The summed E-state index contributed by atoms with van der Waals surface area (Å²) in [7, 11) is 3.35. The maximum absolute atomic E-state index is 13.1. The number of amides is 2. The van der Waals surface area contributed by atoms with Crippen molar-refractivity contribution in [2.24, 2.45) is 0 Å². The summed E-state index contributed by atoms with van der Waals surface area (Å²) in [6.45, 7) is 4.88. The van der Waals surface area contributed by atoms with E-state index in [9.17, 15) is 9.59 Å². The number of carbonyl (C=O) groups excluding carboxylic acids is 2. The second kappa shape index (κ2) is 9.35. The first-order valence-electron chi connectivity index (χ1n) is 10.5. The number of rotatable bonds is 3. The van der Waals surface area contributed by atoms with E-state index in [1.54, 1.807) is 28.9 Å². The average Bonchev–Trinajstić information content (AvgIpc) is 3.45. The van der Waals surface area contributed by atoms with Crippen LogP contribution in [-0.2, 0) is 0 Å². The highest BCUT2D eigenvalue weighted by Gasteiger charge is 2.29. The highest BCUT2D eigenvalue weighted by molar-refractivity contribution is 7.80. The molecule has 3 aromatic rings. The molecule has 0 bridgehead atoms. The van der Waals surface area contributed by atoms with Gasteiger partial charge >= 0.3 is 0 Å². The molecule has 1 aliphatic heterocycles. The van der Waals surface area contributed by atoms with Crippen LogP contribution in [0.15, 0.2) is 11.4 Å². The first-order chi connectivity index (χ1) is 15.8. The minimum Gasteiger partial charge on any atom is -0.364 e. The molecule has 0 aliphatic carbocycles. The van der Waals surface area contributed by atoms with Gasteiger partial charge in [-0.2, -0.15) is 5.10 Å².